The van der Waals surface area contributed by atoms with Crippen LogP contribution in [0.25, 0.3) is 10.8 Å². The van der Waals surface area contributed by atoms with Crippen molar-refractivity contribution in [2.24, 2.45) is 0 Å². The van der Waals surface area contributed by atoms with Crippen molar-refractivity contribution in [1.82, 2.24) is 15.1 Å². The highest BCUT2D eigenvalue weighted by atomic mass is 16.5. The number of ether oxygens (including phenoxy) is 3. The molecular weight excluding hydrogens is 506 g/mol. The second-order valence-corrected chi connectivity index (χ2v) is 8.84. The summed E-state index contributed by atoms with van der Waals surface area (Å²) in [7, 11) is 0. The third-order valence-corrected chi connectivity index (χ3v) is 5.95. The van der Waals surface area contributed by atoms with Crippen molar-refractivity contribution in [1.29, 1.82) is 0 Å². The molecule has 2 heterocycles. The molecule has 1 atom stereocenters. The minimum absolute atomic E-state index is 0.142. The van der Waals surface area contributed by atoms with Gasteiger partial charge in [0, 0.05) is 42.7 Å². The highest BCUT2D eigenvalue weighted by Gasteiger charge is 2.30. The van der Waals surface area contributed by atoms with Crippen LogP contribution in [0.1, 0.15) is 25.8 Å². The molecule has 0 saturated carbocycles. The van der Waals surface area contributed by atoms with Gasteiger partial charge in [0.2, 0.25) is 11.8 Å². The van der Waals surface area contributed by atoms with Crippen LogP contribution >= 0.6 is 0 Å². The predicted octanol–water partition coefficient (Wildman–Crippen LogP) is 1.86. The van der Waals surface area contributed by atoms with Crippen LogP contribution in [-0.2, 0) is 23.9 Å². The first kappa shape index (κ1) is 27.7. The lowest BCUT2D eigenvalue weighted by Gasteiger charge is -2.22. The fourth-order valence-electron chi connectivity index (χ4n) is 4.14. The van der Waals surface area contributed by atoms with Gasteiger partial charge in [-0.05, 0) is 30.7 Å². The number of carbonyl (C=O) groups excluding carboxylic acids is 3. The molecule has 1 aliphatic heterocycles. The first-order chi connectivity index (χ1) is 18.9. The van der Waals surface area contributed by atoms with Crippen molar-refractivity contribution in [2.75, 3.05) is 50.2 Å². The predicted molar refractivity (Wildman–Crippen MR) is 144 cm³/mol. The number of nitrogens with one attached hydrogen (secondary N) is 3. The van der Waals surface area contributed by atoms with Gasteiger partial charge in [-0.2, -0.15) is 5.10 Å². The van der Waals surface area contributed by atoms with Gasteiger partial charge in [0.15, 0.2) is 0 Å². The molecule has 12 heteroatoms. The third kappa shape index (κ3) is 7.62. The Balaban J connectivity index is 1.16. The zero-order chi connectivity index (χ0) is 27.6. The minimum Gasteiger partial charge on any atom is -0.491 e. The van der Waals surface area contributed by atoms with Crippen molar-refractivity contribution < 1.29 is 28.6 Å². The van der Waals surface area contributed by atoms with E-state index < -0.39 is 11.9 Å². The van der Waals surface area contributed by atoms with Crippen molar-refractivity contribution in [2.45, 2.75) is 25.8 Å². The number of fused-ring (bicyclic) bond motifs is 1. The van der Waals surface area contributed by atoms with Crippen molar-refractivity contribution in [3.63, 3.8) is 0 Å². The van der Waals surface area contributed by atoms with Crippen LogP contribution in [0.4, 0.5) is 11.4 Å². The van der Waals surface area contributed by atoms with Gasteiger partial charge in [0.05, 0.1) is 38.0 Å². The Labute approximate surface area is 224 Å². The minimum atomic E-state index is -0.806. The molecule has 4 rings (SSSR count). The number of hydrogen-bond donors (Lipinski definition) is 3. The zero-order valence-corrected chi connectivity index (χ0v) is 21.6. The van der Waals surface area contributed by atoms with Gasteiger partial charge in [-0.3, -0.25) is 24.5 Å². The van der Waals surface area contributed by atoms with Crippen molar-refractivity contribution in [3.05, 3.63) is 59.0 Å². The molecule has 1 unspecified atom stereocenters. The summed E-state index contributed by atoms with van der Waals surface area (Å²) in [6.07, 6.45) is 1.96. The molecule has 39 heavy (non-hydrogen) atoms. The molecule has 3 amide bonds. The first-order valence-electron chi connectivity index (χ1n) is 12.7. The number of aromatic nitrogens is 2. The van der Waals surface area contributed by atoms with E-state index in [1.807, 2.05) is 12.1 Å². The Morgan fingerprint density at radius 2 is 1.79 bits per heavy atom. The molecule has 1 aliphatic rings. The molecule has 3 aromatic rings. The molecule has 206 valence electrons. The summed E-state index contributed by atoms with van der Waals surface area (Å²) in [5.74, 6) is -0.361. The van der Waals surface area contributed by atoms with Crippen LogP contribution in [0.5, 0.6) is 5.75 Å². The molecule has 0 radical (unpaired) electrons. The second kappa shape index (κ2) is 13.5. The van der Waals surface area contributed by atoms with E-state index in [0.717, 1.165) is 10.4 Å². The van der Waals surface area contributed by atoms with Gasteiger partial charge in [0.1, 0.15) is 18.4 Å². The van der Waals surface area contributed by atoms with Gasteiger partial charge < -0.3 is 24.8 Å². The normalized spacial score (nSPS) is 15.2. The second-order valence-electron chi connectivity index (χ2n) is 8.84. The molecule has 12 nitrogen and oxygen atoms in total. The Kier molecular flexibility index (Phi) is 9.59. The van der Waals surface area contributed by atoms with Crippen LogP contribution in [0.2, 0.25) is 0 Å². The lowest BCUT2D eigenvalue weighted by atomic mass is 10.1. The summed E-state index contributed by atoms with van der Waals surface area (Å²) in [6.45, 7) is 3.96. The number of hydrogen-bond acceptors (Lipinski definition) is 9. The largest absolute Gasteiger partial charge is 0.491 e. The maximum atomic E-state index is 13.0. The van der Waals surface area contributed by atoms with E-state index in [9.17, 15) is 19.2 Å². The van der Waals surface area contributed by atoms with Gasteiger partial charge >= 0.3 is 0 Å². The smallest absolute Gasteiger partial charge is 0.275 e. The molecule has 2 aromatic carbocycles. The topological polar surface area (TPSA) is 150 Å². The van der Waals surface area contributed by atoms with E-state index in [0.29, 0.717) is 61.8 Å². The maximum absolute atomic E-state index is 13.0. The van der Waals surface area contributed by atoms with E-state index >= 15 is 0 Å². The zero-order valence-electron chi connectivity index (χ0n) is 21.6. The Hall–Kier alpha value is -4.29. The number of anilines is 2. The maximum Gasteiger partial charge on any atom is 0.275 e. The van der Waals surface area contributed by atoms with Crippen LogP contribution in [0.15, 0.2) is 53.5 Å². The molecular formula is C27H31N5O7. The molecule has 1 saturated heterocycles. The standard InChI is InChI=1S/C27H31N5O7/c1-18(33)30-19-4-2-5-20(16-19)39-15-14-38-13-12-37-11-10-28-23-7-3-6-21-22(23)17-29-32(27(21)36)24-8-9-25(34)31-26(24)35/h2-7,16-17,24,28H,8-15H2,1H3,(H,30,33)(H,31,34,35). The lowest BCUT2D eigenvalue weighted by molar-refractivity contribution is -0.136. The first-order valence-corrected chi connectivity index (χ1v) is 12.7. The number of nitrogens with zero attached hydrogens (tertiary/aromatic N) is 2. The van der Waals surface area contributed by atoms with E-state index in [1.165, 1.54) is 6.92 Å². The summed E-state index contributed by atoms with van der Waals surface area (Å²) in [5.41, 5.74) is 1.02. The number of benzene rings is 2. The van der Waals surface area contributed by atoms with E-state index in [2.05, 4.69) is 21.0 Å². The highest BCUT2D eigenvalue weighted by Crippen LogP contribution is 2.22. The Morgan fingerprint density at radius 3 is 2.59 bits per heavy atom. The molecule has 1 aromatic heterocycles. The average Bonchev–Trinajstić information content (AvgIpc) is 2.90. The lowest BCUT2D eigenvalue weighted by Crippen LogP contribution is -2.45. The number of rotatable bonds is 13. The number of piperidine rings is 1. The van der Waals surface area contributed by atoms with E-state index in [1.54, 1.807) is 36.5 Å². The van der Waals surface area contributed by atoms with Crippen LogP contribution in [0, 0.1) is 0 Å². The third-order valence-electron chi connectivity index (χ3n) is 5.95. The summed E-state index contributed by atoms with van der Waals surface area (Å²) < 4.78 is 17.9. The summed E-state index contributed by atoms with van der Waals surface area (Å²) >= 11 is 0. The fraction of sp³-hybridized carbons (Fsp3) is 0.370. The van der Waals surface area contributed by atoms with Crippen molar-refractivity contribution >= 4 is 39.9 Å². The molecule has 3 N–H and O–H groups in total. The number of amides is 3. The SMILES string of the molecule is CC(=O)Nc1cccc(OCCOCCOCCNc2cccc3c(=O)n(C4CCC(=O)NC4=O)ncc23)c1. The monoisotopic (exact) mass is 537 g/mol. The number of carbonyl (C=O) groups is 3. The van der Waals surface area contributed by atoms with Gasteiger partial charge in [-0.1, -0.05) is 12.1 Å². The molecule has 1 fully saturated rings. The quantitative estimate of drug-likeness (QED) is 0.219. The van der Waals surface area contributed by atoms with Crippen LogP contribution in [0.3, 0.4) is 0 Å². The van der Waals surface area contributed by atoms with Crippen molar-refractivity contribution in [3.8, 4) is 5.75 Å². The van der Waals surface area contributed by atoms with Gasteiger partial charge in [0.25, 0.3) is 11.5 Å². The summed E-state index contributed by atoms with van der Waals surface area (Å²) in [6, 6.07) is 11.6. The Bertz CT molecular complexity index is 1390. The fourth-order valence-corrected chi connectivity index (χ4v) is 4.14. The van der Waals surface area contributed by atoms with E-state index in [-0.39, 0.29) is 30.2 Å². The van der Waals surface area contributed by atoms with Gasteiger partial charge in [-0.15, -0.1) is 0 Å². The number of imide groups is 1. The Morgan fingerprint density at radius 1 is 1.03 bits per heavy atom. The molecule has 0 spiro atoms. The van der Waals surface area contributed by atoms with Crippen LogP contribution < -0.4 is 26.2 Å². The highest BCUT2D eigenvalue weighted by molar-refractivity contribution is 5.99. The van der Waals surface area contributed by atoms with Gasteiger partial charge in [-0.25, -0.2) is 4.68 Å². The molecule has 0 aliphatic carbocycles. The average molecular weight is 538 g/mol. The summed E-state index contributed by atoms with van der Waals surface area (Å²) in [4.78, 5) is 47.8. The van der Waals surface area contributed by atoms with E-state index in [4.69, 9.17) is 14.2 Å². The van der Waals surface area contributed by atoms with Crippen LogP contribution in [-0.4, -0.2) is 67.1 Å². The molecule has 0 bridgehead atoms. The summed E-state index contributed by atoms with van der Waals surface area (Å²) in [5, 5.41) is 13.5.